The van der Waals surface area contributed by atoms with Crippen molar-refractivity contribution >= 4 is 5.97 Å². The van der Waals surface area contributed by atoms with E-state index in [0.717, 1.165) is 11.3 Å². The third-order valence-corrected chi connectivity index (χ3v) is 4.39. The quantitative estimate of drug-likeness (QED) is 0.511. The molecule has 28 heavy (non-hydrogen) atoms. The van der Waals surface area contributed by atoms with Crippen LogP contribution < -0.4 is 4.74 Å². The fourth-order valence-corrected chi connectivity index (χ4v) is 2.93. The number of methoxy groups -OCH3 is 1. The molecular weight excluding hydrogens is 356 g/mol. The van der Waals surface area contributed by atoms with Gasteiger partial charge in [0.15, 0.2) is 0 Å². The van der Waals surface area contributed by atoms with Gasteiger partial charge in [-0.15, -0.1) is 5.92 Å². The smallest absolute Gasteiger partial charge is 0.308 e. The van der Waals surface area contributed by atoms with Crippen molar-refractivity contribution in [1.82, 2.24) is 0 Å². The van der Waals surface area contributed by atoms with E-state index in [1.54, 1.807) is 34.8 Å². The second kappa shape index (κ2) is 11.1. The van der Waals surface area contributed by atoms with Crippen molar-refractivity contribution in [2.24, 2.45) is 11.8 Å². The molecule has 0 spiro atoms. The first-order valence-corrected chi connectivity index (χ1v) is 9.64. The zero-order chi connectivity index (χ0) is 21.3. The molecule has 0 heterocycles. The van der Waals surface area contributed by atoms with Gasteiger partial charge < -0.3 is 19.3 Å². The van der Waals surface area contributed by atoms with Crippen LogP contribution in [0.5, 0.6) is 5.75 Å². The summed E-state index contributed by atoms with van der Waals surface area (Å²) in [7, 11) is 1.63. The minimum Gasteiger partial charge on any atom is -0.497 e. The van der Waals surface area contributed by atoms with E-state index in [-0.39, 0.29) is 24.4 Å². The van der Waals surface area contributed by atoms with Gasteiger partial charge in [-0.2, -0.15) is 0 Å². The first-order valence-electron chi connectivity index (χ1n) is 9.64. The Labute approximate surface area is 169 Å². The highest BCUT2D eigenvalue weighted by Gasteiger charge is 2.31. The molecule has 0 bridgehead atoms. The number of rotatable bonds is 9. The van der Waals surface area contributed by atoms with Gasteiger partial charge in [0.1, 0.15) is 11.4 Å². The maximum absolute atomic E-state index is 12.1. The Bertz CT molecular complexity index is 663. The Morgan fingerprint density at radius 1 is 1.18 bits per heavy atom. The van der Waals surface area contributed by atoms with Gasteiger partial charge in [-0.25, -0.2) is 0 Å². The lowest BCUT2D eigenvalue weighted by atomic mass is 9.88. The SMILES string of the molecule is CC#C[C@@H](C)[C@@H](OCc1ccc(OC)cc1)[C@H](C)[C@H](O)CC(=O)OC(C)(C)C. The van der Waals surface area contributed by atoms with Crippen LogP contribution in [0.4, 0.5) is 0 Å². The second-order valence-electron chi connectivity index (χ2n) is 8.02. The highest BCUT2D eigenvalue weighted by atomic mass is 16.6. The number of aliphatic hydroxyl groups is 1. The highest BCUT2D eigenvalue weighted by molar-refractivity contribution is 5.70. The summed E-state index contributed by atoms with van der Waals surface area (Å²) in [6.45, 7) is 11.4. The summed E-state index contributed by atoms with van der Waals surface area (Å²) in [5, 5.41) is 10.6. The van der Waals surface area contributed by atoms with Crippen LogP contribution in [0, 0.1) is 23.7 Å². The van der Waals surface area contributed by atoms with Crippen LogP contribution in [-0.2, 0) is 20.9 Å². The zero-order valence-corrected chi connectivity index (χ0v) is 18.1. The van der Waals surface area contributed by atoms with Gasteiger partial charge in [0.2, 0.25) is 0 Å². The molecule has 0 fully saturated rings. The van der Waals surface area contributed by atoms with Crippen LogP contribution in [0.25, 0.3) is 0 Å². The second-order valence-corrected chi connectivity index (χ2v) is 8.02. The standard InChI is InChI=1S/C23H34O5/c1-8-9-16(2)22(27-15-18-10-12-19(26-7)13-11-18)17(3)20(24)14-21(25)28-23(4,5)6/h10-13,16-17,20,22,24H,14-15H2,1-7H3/t16-,17-,20-,22-/m1/s1. The number of carbonyl (C=O) groups excluding carboxylic acids is 1. The largest absolute Gasteiger partial charge is 0.497 e. The molecule has 5 heteroatoms. The fourth-order valence-electron chi connectivity index (χ4n) is 2.93. The number of hydrogen-bond acceptors (Lipinski definition) is 5. The molecule has 1 aromatic rings. The molecular formula is C23H34O5. The summed E-state index contributed by atoms with van der Waals surface area (Å²) >= 11 is 0. The van der Waals surface area contributed by atoms with Gasteiger partial charge >= 0.3 is 5.97 Å². The fraction of sp³-hybridized carbons (Fsp3) is 0.609. The molecule has 0 aliphatic carbocycles. The van der Waals surface area contributed by atoms with Crippen LogP contribution in [0.2, 0.25) is 0 Å². The molecule has 156 valence electrons. The molecule has 1 N–H and O–H groups in total. The van der Waals surface area contributed by atoms with Gasteiger partial charge in [0.25, 0.3) is 0 Å². The summed E-state index contributed by atoms with van der Waals surface area (Å²) in [6, 6.07) is 7.63. The third kappa shape index (κ3) is 8.33. The van der Waals surface area contributed by atoms with Gasteiger partial charge in [-0.1, -0.05) is 25.0 Å². The van der Waals surface area contributed by atoms with E-state index < -0.39 is 17.7 Å². The molecule has 0 saturated carbocycles. The third-order valence-electron chi connectivity index (χ3n) is 4.39. The first-order chi connectivity index (χ1) is 13.1. The van der Waals surface area contributed by atoms with Gasteiger partial charge in [-0.3, -0.25) is 4.79 Å². The number of ether oxygens (including phenoxy) is 3. The molecule has 1 aromatic carbocycles. The minimum absolute atomic E-state index is 0.0763. The van der Waals surface area contributed by atoms with Crippen molar-refractivity contribution in [3.05, 3.63) is 29.8 Å². The van der Waals surface area contributed by atoms with Crippen molar-refractivity contribution in [2.45, 2.75) is 72.4 Å². The Morgan fingerprint density at radius 2 is 1.79 bits per heavy atom. The molecule has 0 aliphatic heterocycles. The molecule has 0 radical (unpaired) electrons. The Kier molecular flexibility index (Phi) is 9.51. The lowest BCUT2D eigenvalue weighted by Gasteiger charge is -2.31. The van der Waals surface area contributed by atoms with Crippen LogP contribution >= 0.6 is 0 Å². The van der Waals surface area contributed by atoms with Crippen molar-refractivity contribution in [3.8, 4) is 17.6 Å². The van der Waals surface area contributed by atoms with E-state index in [2.05, 4.69) is 11.8 Å². The molecule has 4 atom stereocenters. The van der Waals surface area contributed by atoms with Gasteiger partial charge in [0, 0.05) is 11.8 Å². The minimum atomic E-state index is -0.878. The normalized spacial score (nSPS) is 15.6. The number of carbonyl (C=O) groups is 1. The molecule has 0 aliphatic rings. The summed E-state index contributed by atoms with van der Waals surface area (Å²) < 4.78 is 16.6. The number of esters is 1. The predicted molar refractivity (Wildman–Crippen MR) is 110 cm³/mol. The highest BCUT2D eigenvalue weighted by Crippen LogP contribution is 2.24. The van der Waals surface area contributed by atoms with Crippen molar-refractivity contribution in [2.75, 3.05) is 7.11 Å². The van der Waals surface area contributed by atoms with Crippen LogP contribution in [-0.4, -0.2) is 36.0 Å². The molecule has 0 amide bonds. The molecule has 0 aromatic heterocycles. The van der Waals surface area contributed by atoms with E-state index >= 15 is 0 Å². The van der Waals surface area contributed by atoms with Crippen LogP contribution in [0.1, 0.15) is 53.5 Å². The number of hydrogen-bond donors (Lipinski definition) is 1. The number of aliphatic hydroxyl groups excluding tert-OH is 1. The topological polar surface area (TPSA) is 65.0 Å². The lowest BCUT2D eigenvalue weighted by molar-refractivity contribution is -0.159. The van der Waals surface area contributed by atoms with Crippen LogP contribution in [0.3, 0.4) is 0 Å². The lowest BCUT2D eigenvalue weighted by Crippen LogP contribution is -2.38. The Morgan fingerprint density at radius 3 is 2.29 bits per heavy atom. The van der Waals surface area contributed by atoms with E-state index in [9.17, 15) is 9.90 Å². The maximum Gasteiger partial charge on any atom is 0.308 e. The molecule has 1 rings (SSSR count). The van der Waals surface area contributed by atoms with Gasteiger partial charge in [0.05, 0.1) is 32.3 Å². The maximum atomic E-state index is 12.1. The van der Waals surface area contributed by atoms with Crippen molar-refractivity contribution in [1.29, 1.82) is 0 Å². The summed E-state index contributed by atoms with van der Waals surface area (Å²) in [5.74, 6) is 5.99. The van der Waals surface area contributed by atoms with E-state index in [1.807, 2.05) is 38.1 Å². The first kappa shape index (κ1) is 24.0. The van der Waals surface area contributed by atoms with E-state index in [0.29, 0.717) is 6.61 Å². The summed E-state index contributed by atoms with van der Waals surface area (Å²) in [6.07, 6.45) is -1.28. The Balaban J connectivity index is 2.80. The summed E-state index contributed by atoms with van der Waals surface area (Å²) in [5.41, 5.74) is 0.418. The molecule has 5 nitrogen and oxygen atoms in total. The Hall–Kier alpha value is -2.03. The van der Waals surface area contributed by atoms with Crippen LogP contribution in [0.15, 0.2) is 24.3 Å². The zero-order valence-electron chi connectivity index (χ0n) is 18.1. The molecule has 0 saturated heterocycles. The average molecular weight is 391 g/mol. The monoisotopic (exact) mass is 390 g/mol. The van der Waals surface area contributed by atoms with E-state index in [4.69, 9.17) is 14.2 Å². The molecule has 0 unspecified atom stereocenters. The van der Waals surface area contributed by atoms with Crippen molar-refractivity contribution < 1.29 is 24.1 Å². The van der Waals surface area contributed by atoms with Gasteiger partial charge in [-0.05, 0) is 52.3 Å². The average Bonchev–Trinajstić information content (AvgIpc) is 2.60. The number of benzene rings is 1. The van der Waals surface area contributed by atoms with Crippen molar-refractivity contribution in [3.63, 3.8) is 0 Å². The summed E-state index contributed by atoms with van der Waals surface area (Å²) in [4.78, 5) is 12.1. The van der Waals surface area contributed by atoms with E-state index in [1.165, 1.54) is 0 Å². The predicted octanol–water partition coefficient (Wildman–Crippen LogP) is 3.97.